The molecule has 1 amide bonds. The van der Waals surface area contributed by atoms with E-state index in [1.165, 1.54) is 0 Å². The van der Waals surface area contributed by atoms with Crippen LogP contribution in [0.15, 0.2) is 48.5 Å². The predicted molar refractivity (Wildman–Crippen MR) is 87.8 cm³/mol. The standard InChI is InChI=1S/C19H21NO2/c1-14-8-9-17(12-15(14)2)18(21)10-11-19(22)20-13-16-6-4-3-5-7-16/h3-9,12H,10-11,13H2,1-2H3,(H,20,22). The van der Waals surface area contributed by atoms with Crippen LogP contribution in [0, 0.1) is 13.8 Å². The summed E-state index contributed by atoms with van der Waals surface area (Å²) < 4.78 is 0. The van der Waals surface area contributed by atoms with Crippen LogP contribution in [0.25, 0.3) is 0 Å². The molecule has 0 radical (unpaired) electrons. The first-order valence-electron chi connectivity index (χ1n) is 7.47. The van der Waals surface area contributed by atoms with Crippen molar-refractivity contribution < 1.29 is 9.59 Å². The highest BCUT2D eigenvalue weighted by molar-refractivity contribution is 5.98. The van der Waals surface area contributed by atoms with Gasteiger partial charge >= 0.3 is 0 Å². The monoisotopic (exact) mass is 295 g/mol. The molecule has 0 atom stereocenters. The number of carbonyl (C=O) groups is 2. The fourth-order valence-corrected chi connectivity index (χ4v) is 2.17. The summed E-state index contributed by atoms with van der Waals surface area (Å²) in [5.41, 5.74) is 3.99. The molecule has 0 spiro atoms. The average Bonchev–Trinajstić information content (AvgIpc) is 2.54. The van der Waals surface area contributed by atoms with Gasteiger partial charge < -0.3 is 5.32 Å². The number of rotatable bonds is 6. The first kappa shape index (κ1) is 16.0. The summed E-state index contributed by atoms with van der Waals surface area (Å²) in [6.45, 7) is 4.50. The molecule has 1 N–H and O–H groups in total. The van der Waals surface area contributed by atoms with Crippen molar-refractivity contribution in [3.05, 3.63) is 70.8 Å². The van der Waals surface area contributed by atoms with Crippen molar-refractivity contribution in [2.45, 2.75) is 33.2 Å². The second-order valence-corrected chi connectivity index (χ2v) is 5.48. The molecule has 114 valence electrons. The minimum atomic E-state index is -0.0963. The highest BCUT2D eigenvalue weighted by atomic mass is 16.2. The van der Waals surface area contributed by atoms with E-state index in [9.17, 15) is 9.59 Å². The lowest BCUT2D eigenvalue weighted by Crippen LogP contribution is -2.23. The minimum Gasteiger partial charge on any atom is -0.352 e. The van der Waals surface area contributed by atoms with Crippen LogP contribution >= 0.6 is 0 Å². The molecule has 0 aliphatic carbocycles. The maximum absolute atomic E-state index is 12.1. The zero-order chi connectivity index (χ0) is 15.9. The first-order chi connectivity index (χ1) is 10.6. The van der Waals surface area contributed by atoms with Gasteiger partial charge in [0.15, 0.2) is 5.78 Å². The van der Waals surface area contributed by atoms with Crippen LogP contribution in [0.4, 0.5) is 0 Å². The van der Waals surface area contributed by atoms with Gasteiger partial charge in [-0.3, -0.25) is 9.59 Å². The largest absolute Gasteiger partial charge is 0.352 e. The van der Waals surface area contributed by atoms with Gasteiger partial charge in [-0.1, -0.05) is 42.5 Å². The Balaban J connectivity index is 1.80. The number of amides is 1. The summed E-state index contributed by atoms with van der Waals surface area (Å²) in [5, 5.41) is 2.84. The third-order valence-corrected chi connectivity index (χ3v) is 3.74. The molecule has 2 rings (SSSR count). The topological polar surface area (TPSA) is 46.2 Å². The first-order valence-corrected chi connectivity index (χ1v) is 7.47. The van der Waals surface area contributed by atoms with E-state index in [1.807, 2.05) is 62.4 Å². The Morgan fingerprint density at radius 1 is 0.909 bits per heavy atom. The molecule has 22 heavy (non-hydrogen) atoms. The molecule has 0 saturated heterocycles. The van der Waals surface area contributed by atoms with Crippen molar-refractivity contribution in [1.82, 2.24) is 5.32 Å². The van der Waals surface area contributed by atoms with Gasteiger partial charge in [0, 0.05) is 24.9 Å². The van der Waals surface area contributed by atoms with E-state index < -0.39 is 0 Å². The van der Waals surface area contributed by atoms with Gasteiger partial charge in [0.1, 0.15) is 0 Å². The molecule has 0 saturated carbocycles. The highest BCUT2D eigenvalue weighted by Gasteiger charge is 2.10. The third kappa shape index (κ3) is 4.55. The number of hydrogen-bond acceptors (Lipinski definition) is 2. The van der Waals surface area contributed by atoms with E-state index in [0.29, 0.717) is 12.1 Å². The highest BCUT2D eigenvalue weighted by Crippen LogP contribution is 2.12. The molecule has 0 unspecified atom stereocenters. The fraction of sp³-hybridized carbons (Fsp3) is 0.263. The predicted octanol–water partition coefficient (Wildman–Crippen LogP) is 3.58. The van der Waals surface area contributed by atoms with E-state index >= 15 is 0 Å². The summed E-state index contributed by atoms with van der Waals surface area (Å²) in [6, 6.07) is 15.4. The lowest BCUT2D eigenvalue weighted by atomic mass is 10.0. The van der Waals surface area contributed by atoms with Crippen LogP contribution in [0.2, 0.25) is 0 Å². The van der Waals surface area contributed by atoms with Crippen LogP contribution in [-0.4, -0.2) is 11.7 Å². The maximum atomic E-state index is 12.1. The Kier molecular flexibility index (Phi) is 5.48. The zero-order valence-electron chi connectivity index (χ0n) is 13.1. The number of carbonyl (C=O) groups excluding carboxylic acids is 2. The van der Waals surface area contributed by atoms with Crippen molar-refractivity contribution >= 4 is 11.7 Å². The molecule has 2 aromatic carbocycles. The summed E-state index contributed by atoms with van der Waals surface area (Å²) in [6.07, 6.45) is 0.460. The van der Waals surface area contributed by atoms with Gasteiger partial charge in [-0.2, -0.15) is 0 Å². The molecule has 0 fully saturated rings. The van der Waals surface area contributed by atoms with E-state index in [2.05, 4.69) is 5.32 Å². The number of Topliss-reactive ketones (excluding diaryl/α,β-unsaturated/α-hetero) is 1. The van der Waals surface area contributed by atoms with Gasteiger partial charge in [-0.25, -0.2) is 0 Å². The lowest BCUT2D eigenvalue weighted by Gasteiger charge is -2.06. The zero-order valence-corrected chi connectivity index (χ0v) is 13.1. The Labute approximate surface area is 131 Å². The average molecular weight is 295 g/mol. The van der Waals surface area contributed by atoms with Gasteiger partial charge in [-0.05, 0) is 36.6 Å². The summed E-state index contributed by atoms with van der Waals surface area (Å²) in [4.78, 5) is 23.9. The second kappa shape index (κ2) is 7.55. The van der Waals surface area contributed by atoms with Gasteiger partial charge in [-0.15, -0.1) is 0 Å². The quantitative estimate of drug-likeness (QED) is 0.828. The van der Waals surface area contributed by atoms with Crippen LogP contribution in [0.3, 0.4) is 0 Å². The third-order valence-electron chi connectivity index (χ3n) is 3.74. The molecule has 0 aromatic heterocycles. The number of ketones is 1. The van der Waals surface area contributed by atoms with E-state index in [0.717, 1.165) is 16.7 Å². The van der Waals surface area contributed by atoms with Crippen molar-refractivity contribution in [2.24, 2.45) is 0 Å². The molecule has 0 heterocycles. The molecule has 3 heteroatoms. The minimum absolute atomic E-state index is 0.0120. The molecular weight excluding hydrogens is 274 g/mol. The molecule has 2 aromatic rings. The number of benzene rings is 2. The van der Waals surface area contributed by atoms with Crippen molar-refractivity contribution in [3.63, 3.8) is 0 Å². The molecule has 0 aliphatic rings. The maximum Gasteiger partial charge on any atom is 0.220 e. The van der Waals surface area contributed by atoms with Crippen molar-refractivity contribution in [2.75, 3.05) is 0 Å². The van der Waals surface area contributed by atoms with Crippen LogP contribution in [0.5, 0.6) is 0 Å². The summed E-state index contributed by atoms with van der Waals surface area (Å²) in [5.74, 6) is -0.0843. The molecule has 3 nitrogen and oxygen atoms in total. The van der Waals surface area contributed by atoms with E-state index in [-0.39, 0.29) is 24.5 Å². The molecular formula is C19H21NO2. The normalized spacial score (nSPS) is 10.3. The number of aryl methyl sites for hydroxylation is 2. The lowest BCUT2D eigenvalue weighted by molar-refractivity contribution is -0.121. The Hall–Kier alpha value is -2.42. The molecule has 0 aliphatic heterocycles. The SMILES string of the molecule is Cc1ccc(C(=O)CCC(=O)NCc2ccccc2)cc1C. The van der Waals surface area contributed by atoms with Crippen LogP contribution in [0.1, 0.15) is 39.9 Å². The molecule has 0 bridgehead atoms. The van der Waals surface area contributed by atoms with Crippen LogP contribution < -0.4 is 5.32 Å². The number of nitrogens with one attached hydrogen (secondary N) is 1. The summed E-state index contributed by atoms with van der Waals surface area (Å²) >= 11 is 0. The smallest absolute Gasteiger partial charge is 0.220 e. The van der Waals surface area contributed by atoms with Crippen molar-refractivity contribution in [1.29, 1.82) is 0 Å². The van der Waals surface area contributed by atoms with E-state index in [4.69, 9.17) is 0 Å². The second-order valence-electron chi connectivity index (χ2n) is 5.48. The number of hydrogen-bond donors (Lipinski definition) is 1. The van der Waals surface area contributed by atoms with Crippen LogP contribution in [-0.2, 0) is 11.3 Å². The Morgan fingerprint density at radius 2 is 1.64 bits per heavy atom. The fourth-order valence-electron chi connectivity index (χ4n) is 2.17. The summed E-state index contributed by atoms with van der Waals surface area (Å²) in [7, 11) is 0. The van der Waals surface area contributed by atoms with Gasteiger partial charge in [0.05, 0.1) is 0 Å². The van der Waals surface area contributed by atoms with Gasteiger partial charge in [0.25, 0.3) is 0 Å². The van der Waals surface area contributed by atoms with Crippen molar-refractivity contribution in [3.8, 4) is 0 Å². The van der Waals surface area contributed by atoms with E-state index in [1.54, 1.807) is 0 Å². The Morgan fingerprint density at radius 3 is 2.32 bits per heavy atom. The van der Waals surface area contributed by atoms with Gasteiger partial charge in [0.2, 0.25) is 5.91 Å². The Bertz CT molecular complexity index is 662.